The summed E-state index contributed by atoms with van der Waals surface area (Å²) in [5, 5.41) is 16.8. The van der Waals surface area contributed by atoms with Gasteiger partial charge in [0.2, 0.25) is 5.95 Å². The summed E-state index contributed by atoms with van der Waals surface area (Å²) in [4.78, 5) is 4.38. The van der Waals surface area contributed by atoms with E-state index in [0.29, 0.717) is 12.4 Å². The maximum absolute atomic E-state index is 9.29. The van der Waals surface area contributed by atoms with Crippen LogP contribution in [0.2, 0.25) is 0 Å². The lowest BCUT2D eigenvalue weighted by Crippen LogP contribution is -2.21. The molecule has 92 valence electrons. The van der Waals surface area contributed by atoms with Gasteiger partial charge in [0.25, 0.3) is 0 Å². The van der Waals surface area contributed by atoms with Crippen LogP contribution in [0.1, 0.15) is 25.8 Å². The van der Waals surface area contributed by atoms with Crippen molar-refractivity contribution in [1.29, 1.82) is 0 Å². The van der Waals surface area contributed by atoms with Gasteiger partial charge in [-0.15, -0.1) is 5.10 Å². The fourth-order valence-corrected chi connectivity index (χ4v) is 1.84. The van der Waals surface area contributed by atoms with E-state index in [1.807, 2.05) is 32.2 Å². The quantitative estimate of drug-likeness (QED) is 0.843. The summed E-state index contributed by atoms with van der Waals surface area (Å²) in [6, 6.07) is 4.12. The number of aliphatic hydroxyl groups is 1. The third kappa shape index (κ3) is 2.94. The van der Waals surface area contributed by atoms with Gasteiger partial charge >= 0.3 is 0 Å². The number of fused-ring (bicyclic) bond motifs is 1. The molecule has 17 heavy (non-hydrogen) atoms. The van der Waals surface area contributed by atoms with E-state index in [4.69, 9.17) is 0 Å². The monoisotopic (exact) mass is 234 g/mol. The zero-order chi connectivity index (χ0) is 12.4. The molecule has 0 aliphatic heterocycles. The van der Waals surface area contributed by atoms with Crippen LogP contribution in [0.15, 0.2) is 18.3 Å². The highest BCUT2D eigenvalue weighted by molar-refractivity contribution is 5.45. The Balaban J connectivity index is 2.14. The first-order chi connectivity index (χ1) is 8.04. The summed E-state index contributed by atoms with van der Waals surface area (Å²) in [7, 11) is 0. The molecular formula is C12H18N4O. The van der Waals surface area contributed by atoms with Gasteiger partial charge in [0.15, 0.2) is 5.65 Å². The van der Waals surface area contributed by atoms with Gasteiger partial charge < -0.3 is 10.4 Å². The third-order valence-electron chi connectivity index (χ3n) is 2.56. The number of nitrogens with zero attached hydrogens (tertiary/aromatic N) is 3. The molecule has 0 amide bonds. The number of rotatable bonds is 4. The molecule has 2 aromatic heterocycles. The minimum atomic E-state index is -0.322. The zero-order valence-electron chi connectivity index (χ0n) is 10.4. The summed E-state index contributed by atoms with van der Waals surface area (Å²) in [6.07, 6.45) is 2.24. The molecule has 2 heterocycles. The molecule has 2 N–H and O–H groups in total. The van der Waals surface area contributed by atoms with E-state index < -0.39 is 0 Å². The van der Waals surface area contributed by atoms with Crippen molar-refractivity contribution in [3.05, 3.63) is 23.9 Å². The van der Waals surface area contributed by atoms with Crippen LogP contribution in [-0.4, -0.2) is 31.9 Å². The summed E-state index contributed by atoms with van der Waals surface area (Å²) < 4.78 is 1.74. The van der Waals surface area contributed by atoms with Crippen LogP contribution in [0.25, 0.3) is 5.65 Å². The maximum Gasteiger partial charge on any atom is 0.243 e. The molecule has 5 heteroatoms. The van der Waals surface area contributed by atoms with E-state index in [1.165, 1.54) is 0 Å². The maximum atomic E-state index is 9.29. The van der Waals surface area contributed by atoms with E-state index in [-0.39, 0.29) is 12.1 Å². The highest BCUT2D eigenvalue weighted by Gasteiger charge is 2.09. The molecule has 0 saturated carbocycles. The number of anilines is 1. The van der Waals surface area contributed by atoms with E-state index in [2.05, 4.69) is 15.4 Å². The van der Waals surface area contributed by atoms with E-state index in [1.54, 1.807) is 11.4 Å². The summed E-state index contributed by atoms with van der Waals surface area (Å²) >= 11 is 0. The van der Waals surface area contributed by atoms with Crippen molar-refractivity contribution in [2.75, 3.05) is 5.32 Å². The standard InChI is InChI=1S/C12H18N4O/c1-8-4-5-16-11(6-8)14-12(15-16)13-9(2)7-10(3)17/h4-6,9-10,17H,7H2,1-3H3,(H,13,15). The molecule has 0 fully saturated rings. The lowest BCUT2D eigenvalue weighted by Gasteiger charge is -2.13. The van der Waals surface area contributed by atoms with Crippen LogP contribution in [0, 0.1) is 6.92 Å². The first kappa shape index (κ1) is 11.9. The Hall–Kier alpha value is -1.62. The Bertz CT molecular complexity index is 506. The third-order valence-corrected chi connectivity index (χ3v) is 2.56. The van der Waals surface area contributed by atoms with Crippen molar-refractivity contribution in [3.8, 4) is 0 Å². The topological polar surface area (TPSA) is 62.5 Å². The van der Waals surface area contributed by atoms with Crippen LogP contribution in [0.4, 0.5) is 5.95 Å². The normalized spacial score (nSPS) is 14.8. The van der Waals surface area contributed by atoms with E-state index in [0.717, 1.165) is 11.2 Å². The van der Waals surface area contributed by atoms with Crippen molar-refractivity contribution in [3.63, 3.8) is 0 Å². The van der Waals surface area contributed by atoms with E-state index >= 15 is 0 Å². The lowest BCUT2D eigenvalue weighted by molar-refractivity contribution is 0.179. The average Bonchev–Trinajstić information content (AvgIpc) is 2.57. The number of hydrogen-bond acceptors (Lipinski definition) is 4. The second kappa shape index (κ2) is 4.71. The Morgan fingerprint density at radius 2 is 2.24 bits per heavy atom. The number of aliphatic hydroxyl groups excluding tert-OH is 1. The first-order valence-corrected chi connectivity index (χ1v) is 5.82. The Morgan fingerprint density at radius 1 is 1.47 bits per heavy atom. The van der Waals surface area contributed by atoms with Gasteiger partial charge in [-0.3, -0.25) is 0 Å². The minimum Gasteiger partial charge on any atom is -0.393 e. The summed E-state index contributed by atoms with van der Waals surface area (Å²) in [5.74, 6) is 0.601. The predicted octanol–water partition coefficient (Wildman–Crippen LogP) is 1.61. The van der Waals surface area contributed by atoms with Crippen molar-refractivity contribution in [2.45, 2.75) is 39.3 Å². The van der Waals surface area contributed by atoms with Crippen molar-refractivity contribution >= 4 is 11.6 Å². The number of aromatic nitrogens is 3. The highest BCUT2D eigenvalue weighted by atomic mass is 16.3. The second-order valence-corrected chi connectivity index (χ2v) is 4.57. The van der Waals surface area contributed by atoms with E-state index in [9.17, 15) is 5.11 Å². The molecule has 2 unspecified atom stereocenters. The zero-order valence-corrected chi connectivity index (χ0v) is 10.4. The first-order valence-electron chi connectivity index (χ1n) is 5.82. The molecule has 0 radical (unpaired) electrons. The Kier molecular flexibility index (Phi) is 3.28. The summed E-state index contributed by atoms with van der Waals surface area (Å²) in [5.41, 5.74) is 1.99. The van der Waals surface area contributed by atoms with Crippen LogP contribution >= 0.6 is 0 Å². The van der Waals surface area contributed by atoms with Gasteiger partial charge in [0, 0.05) is 12.2 Å². The van der Waals surface area contributed by atoms with Crippen molar-refractivity contribution in [1.82, 2.24) is 14.6 Å². The molecule has 0 aliphatic rings. The highest BCUT2D eigenvalue weighted by Crippen LogP contribution is 2.10. The van der Waals surface area contributed by atoms with Gasteiger partial charge in [-0.05, 0) is 44.9 Å². The van der Waals surface area contributed by atoms with Gasteiger partial charge in [0.05, 0.1) is 6.10 Å². The van der Waals surface area contributed by atoms with Crippen LogP contribution in [0.3, 0.4) is 0 Å². The SMILES string of the molecule is Cc1ccn2nc(NC(C)CC(C)O)nc2c1. The van der Waals surface area contributed by atoms with Crippen molar-refractivity contribution in [2.24, 2.45) is 0 Å². The average molecular weight is 234 g/mol. The molecule has 2 rings (SSSR count). The minimum absolute atomic E-state index is 0.147. The molecule has 0 saturated heterocycles. The Labute approximate surface area is 100 Å². The lowest BCUT2D eigenvalue weighted by atomic mass is 10.2. The second-order valence-electron chi connectivity index (χ2n) is 4.57. The largest absolute Gasteiger partial charge is 0.393 e. The number of hydrogen-bond donors (Lipinski definition) is 2. The van der Waals surface area contributed by atoms with Gasteiger partial charge in [-0.25, -0.2) is 4.52 Å². The Morgan fingerprint density at radius 3 is 2.94 bits per heavy atom. The molecule has 0 aliphatic carbocycles. The van der Waals surface area contributed by atoms with Gasteiger partial charge in [0.1, 0.15) is 0 Å². The molecule has 2 atom stereocenters. The van der Waals surface area contributed by atoms with Crippen molar-refractivity contribution < 1.29 is 5.11 Å². The molecule has 0 spiro atoms. The number of pyridine rings is 1. The smallest absolute Gasteiger partial charge is 0.243 e. The molecule has 0 bridgehead atoms. The fraction of sp³-hybridized carbons (Fsp3) is 0.500. The van der Waals surface area contributed by atoms with Crippen LogP contribution in [-0.2, 0) is 0 Å². The molecule has 2 aromatic rings. The van der Waals surface area contributed by atoms with Gasteiger partial charge in [-0.1, -0.05) is 0 Å². The predicted molar refractivity (Wildman–Crippen MR) is 67.1 cm³/mol. The molecular weight excluding hydrogens is 216 g/mol. The fourth-order valence-electron chi connectivity index (χ4n) is 1.84. The number of aryl methyl sites for hydroxylation is 1. The molecule has 0 aromatic carbocycles. The number of nitrogens with one attached hydrogen (secondary N) is 1. The molecule has 5 nitrogen and oxygen atoms in total. The van der Waals surface area contributed by atoms with Crippen LogP contribution in [0.5, 0.6) is 0 Å². The van der Waals surface area contributed by atoms with Crippen LogP contribution < -0.4 is 5.32 Å². The van der Waals surface area contributed by atoms with Gasteiger partial charge in [-0.2, -0.15) is 4.98 Å². The summed E-state index contributed by atoms with van der Waals surface area (Å²) in [6.45, 7) is 5.81.